The van der Waals surface area contributed by atoms with Crippen LogP contribution in [0.15, 0.2) is 64.2 Å². The summed E-state index contributed by atoms with van der Waals surface area (Å²) in [5, 5.41) is 6.64. The number of hydrazone groups is 1. The zero-order valence-corrected chi connectivity index (χ0v) is 18.4. The van der Waals surface area contributed by atoms with Crippen molar-refractivity contribution in [1.29, 1.82) is 0 Å². The molecule has 5 nitrogen and oxygen atoms in total. The molecule has 1 heterocycles. The van der Waals surface area contributed by atoms with Crippen molar-refractivity contribution in [3.8, 4) is 5.69 Å². The third-order valence-electron chi connectivity index (χ3n) is 4.60. The van der Waals surface area contributed by atoms with Gasteiger partial charge in [0, 0.05) is 27.1 Å². The van der Waals surface area contributed by atoms with Crippen LogP contribution >= 0.6 is 15.9 Å². The number of nitrogens with zero attached hydrogens (tertiary/aromatic N) is 2. The summed E-state index contributed by atoms with van der Waals surface area (Å²) < 4.78 is 41.3. The molecule has 162 valence electrons. The summed E-state index contributed by atoms with van der Waals surface area (Å²) in [7, 11) is 0. The van der Waals surface area contributed by atoms with Gasteiger partial charge in [-0.15, -0.1) is 0 Å². The van der Waals surface area contributed by atoms with Gasteiger partial charge in [-0.05, 0) is 66.2 Å². The van der Waals surface area contributed by atoms with Gasteiger partial charge in [0.2, 0.25) is 0 Å². The van der Waals surface area contributed by atoms with Crippen LogP contribution in [0.5, 0.6) is 0 Å². The standard InChI is InChI=1S/C22H20BrF3N4O/c1-14-10-16(15(2)30(14)20-9-4-3-8-19(20)23)12-28-29-21(31)13-27-18-7-5-6-17(11-18)22(24,25)26/h3-12,27H,13H2,1-2H3,(H,29,31)/b28-12-. The first-order valence-electron chi connectivity index (χ1n) is 9.33. The van der Waals surface area contributed by atoms with Crippen LogP contribution in [0.1, 0.15) is 22.5 Å². The molecule has 0 spiro atoms. The van der Waals surface area contributed by atoms with Crippen LogP contribution in [0.2, 0.25) is 0 Å². The molecule has 0 aliphatic heterocycles. The minimum Gasteiger partial charge on any atom is -0.376 e. The minimum absolute atomic E-state index is 0.200. The number of aryl methyl sites for hydroxylation is 1. The van der Waals surface area contributed by atoms with Gasteiger partial charge < -0.3 is 9.88 Å². The Balaban J connectivity index is 1.62. The fourth-order valence-electron chi connectivity index (χ4n) is 3.12. The second-order valence-electron chi connectivity index (χ2n) is 6.84. The molecule has 1 amide bonds. The second-order valence-corrected chi connectivity index (χ2v) is 7.69. The number of carbonyl (C=O) groups is 1. The molecule has 0 saturated carbocycles. The van der Waals surface area contributed by atoms with E-state index in [1.54, 1.807) is 0 Å². The van der Waals surface area contributed by atoms with Crippen LogP contribution in [-0.2, 0) is 11.0 Å². The van der Waals surface area contributed by atoms with E-state index in [0.29, 0.717) is 0 Å². The average Bonchev–Trinajstić information content (AvgIpc) is 3.00. The highest BCUT2D eigenvalue weighted by molar-refractivity contribution is 9.10. The number of anilines is 1. The molecule has 0 saturated heterocycles. The lowest BCUT2D eigenvalue weighted by atomic mass is 10.2. The number of carbonyl (C=O) groups excluding carboxylic acids is 1. The van der Waals surface area contributed by atoms with Crippen LogP contribution in [0.3, 0.4) is 0 Å². The van der Waals surface area contributed by atoms with Gasteiger partial charge in [0.1, 0.15) is 0 Å². The Hall–Kier alpha value is -3.07. The molecule has 9 heteroatoms. The van der Waals surface area contributed by atoms with Gasteiger partial charge in [-0.25, -0.2) is 5.43 Å². The number of benzene rings is 2. The summed E-state index contributed by atoms with van der Waals surface area (Å²) in [6.07, 6.45) is -2.90. The fourth-order valence-corrected chi connectivity index (χ4v) is 3.59. The van der Waals surface area contributed by atoms with E-state index in [2.05, 4.69) is 36.3 Å². The van der Waals surface area contributed by atoms with E-state index in [1.807, 2.05) is 44.2 Å². The molecule has 0 aliphatic carbocycles. The predicted octanol–water partition coefficient (Wildman–Crippen LogP) is 5.44. The predicted molar refractivity (Wildman–Crippen MR) is 119 cm³/mol. The minimum atomic E-state index is -4.44. The molecule has 0 atom stereocenters. The Labute approximate surface area is 186 Å². The number of amides is 1. The number of alkyl halides is 3. The summed E-state index contributed by atoms with van der Waals surface area (Å²) >= 11 is 3.55. The Morgan fingerprint density at radius 3 is 2.58 bits per heavy atom. The first kappa shape index (κ1) is 22.6. The van der Waals surface area contributed by atoms with Crippen molar-refractivity contribution in [1.82, 2.24) is 9.99 Å². The molecule has 1 aromatic heterocycles. The first-order valence-corrected chi connectivity index (χ1v) is 10.1. The summed E-state index contributed by atoms with van der Waals surface area (Å²) in [5.74, 6) is -0.478. The van der Waals surface area contributed by atoms with Crippen molar-refractivity contribution in [2.45, 2.75) is 20.0 Å². The number of rotatable bonds is 6. The maximum atomic E-state index is 12.8. The number of aromatic nitrogens is 1. The SMILES string of the molecule is Cc1cc(/C=N\NC(=O)CNc2cccc(C(F)(F)F)c2)c(C)n1-c1ccccc1Br. The molecule has 2 aromatic carbocycles. The fraction of sp³-hybridized carbons (Fsp3) is 0.182. The van der Waals surface area contributed by atoms with Crippen LogP contribution in [0, 0.1) is 13.8 Å². The van der Waals surface area contributed by atoms with Crippen LogP contribution in [0.4, 0.5) is 18.9 Å². The highest BCUT2D eigenvalue weighted by Crippen LogP contribution is 2.30. The van der Waals surface area contributed by atoms with Gasteiger partial charge in [0.25, 0.3) is 5.91 Å². The molecular weight excluding hydrogens is 473 g/mol. The Morgan fingerprint density at radius 2 is 1.87 bits per heavy atom. The van der Waals surface area contributed by atoms with Gasteiger partial charge in [0.15, 0.2) is 0 Å². The van der Waals surface area contributed by atoms with E-state index in [-0.39, 0.29) is 12.2 Å². The molecule has 3 rings (SSSR count). The van der Waals surface area contributed by atoms with Crippen LogP contribution < -0.4 is 10.7 Å². The maximum absolute atomic E-state index is 12.8. The molecule has 0 unspecified atom stereocenters. The normalized spacial score (nSPS) is 11.7. The van der Waals surface area contributed by atoms with Crippen molar-refractivity contribution in [2.75, 3.05) is 11.9 Å². The van der Waals surface area contributed by atoms with Gasteiger partial charge in [0.05, 0.1) is 24.0 Å². The molecule has 2 N–H and O–H groups in total. The summed E-state index contributed by atoms with van der Waals surface area (Å²) in [5.41, 5.74) is 5.58. The van der Waals surface area contributed by atoms with Crippen molar-refractivity contribution in [3.05, 3.63) is 81.6 Å². The van der Waals surface area contributed by atoms with Crippen molar-refractivity contribution in [2.24, 2.45) is 5.10 Å². The lowest BCUT2D eigenvalue weighted by molar-refractivity contribution is -0.137. The summed E-state index contributed by atoms with van der Waals surface area (Å²) in [4.78, 5) is 12.0. The van der Waals surface area contributed by atoms with E-state index in [1.165, 1.54) is 18.3 Å². The number of halogens is 4. The maximum Gasteiger partial charge on any atom is 0.416 e. The Morgan fingerprint density at radius 1 is 1.13 bits per heavy atom. The van der Waals surface area contributed by atoms with Gasteiger partial charge in [-0.3, -0.25) is 4.79 Å². The van der Waals surface area contributed by atoms with Crippen molar-refractivity contribution < 1.29 is 18.0 Å². The quantitative estimate of drug-likeness (QED) is 0.355. The second kappa shape index (κ2) is 9.38. The summed E-state index contributed by atoms with van der Waals surface area (Å²) in [6, 6.07) is 14.5. The number of hydrogen-bond acceptors (Lipinski definition) is 3. The number of hydrogen-bond donors (Lipinski definition) is 2. The molecule has 31 heavy (non-hydrogen) atoms. The molecular formula is C22H20BrF3N4O. The van der Waals surface area contributed by atoms with E-state index in [0.717, 1.165) is 39.2 Å². The smallest absolute Gasteiger partial charge is 0.376 e. The Bertz CT molecular complexity index is 1120. The van der Waals surface area contributed by atoms with Gasteiger partial charge >= 0.3 is 6.18 Å². The number of para-hydroxylation sites is 1. The average molecular weight is 493 g/mol. The largest absolute Gasteiger partial charge is 0.416 e. The molecule has 0 bridgehead atoms. The van der Waals surface area contributed by atoms with Gasteiger partial charge in [-0.1, -0.05) is 18.2 Å². The zero-order chi connectivity index (χ0) is 22.6. The molecule has 3 aromatic rings. The first-order chi connectivity index (χ1) is 14.7. The highest BCUT2D eigenvalue weighted by atomic mass is 79.9. The zero-order valence-electron chi connectivity index (χ0n) is 16.8. The number of nitrogens with one attached hydrogen (secondary N) is 2. The molecule has 0 aliphatic rings. The third kappa shape index (κ3) is 5.55. The van der Waals surface area contributed by atoms with E-state index < -0.39 is 17.6 Å². The van der Waals surface area contributed by atoms with Crippen molar-refractivity contribution >= 4 is 33.7 Å². The monoisotopic (exact) mass is 492 g/mol. The van der Waals surface area contributed by atoms with E-state index in [9.17, 15) is 18.0 Å². The molecule has 0 fully saturated rings. The summed E-state index contributed by atoms with van der Waals surface area (Å²) in [6.45, 7) is 3.71. The topological polar surface area (TPSA) is 58.4 Å². The van der Waals surface area contributed by atoms with E-state index >= 15 is 0 Å². The third-order valence-corrected chi connectivity index (χ3v) is 5.27. The lowest BCUT2D eigenvalue weighted by Gasteiger charge is -2.11. The van der Waals surface area contributed by atoms with Crippen LogP contribution in [0.25, 0.3) is 5.69 Å². The lowest BCUT2D eigenvalue weighted by Crippen LogP contribution is -2.26. The van der Waals surface area contributed by atoms with Crippen LogP contribution in [-0.4, -0.2) is 23.2 Å². The van der Waals surface area contributed by atoms with Gasteiger partial charge in [-0.2, -0.15) is 18.3 Å². The van der Waals surface area contributed by atoms with Crippen molar-refractivity contribution in [3.63, 3.8) is 0 Å². The molecule has 0 radical (unpaired) electrons. The highest BCUT2D eigenvalue weighted by Gasteiger charge is 2.30. The Kier molecular flexibility index (Phi) is 6.84. The van der Waals surface area contributed by atoms with E-state index in [4.69, 9.17) is 0 Å².